The summed E-state index contributed by atoms with van der Waals surface area (Å²) in [6, 6.07) is 1.81. The van der Waals surface area contributed by atoms with Crippen LogP contribution in [-0.4, -0.2) is 36.4 Å². The van der Waals surface area contributed by atoms with Crippen molar-refractivity contribution in [3.8, 4) is 5.75 Å². The lowest BCUT2D eigenvalue weighted by molar-refractivity contribution is 0.0695. The number of ether oxygens (including phenoxy) is 1. The Morgan fingerprint density at radius 1 is 1.56 bits per heavy atom. The Bertz CT molecular complexity index is 411. The number of nitrogens with zero attached hydrogens (tertiary/aromatic N) is 1. The molecule has 1 atom stereocenters. The standard InChI is InChI=1S/C13H18ClNO2S/c1-9(14)10-3-5-15(6-4-10)13(16)12-7-11(17-2)8-18-12/h7-10H,3-6H2,1-2H3. The molecule has 0 spiro atoms. The molecule has 1 amide bonds. The van der Waals surface area contributed by atoms with Crippen LogP contribution in [0.4, 0.5) is 0 Å². The summed E-state index contributed by atoms with van der Waals surface area (Å²) < 4.78 is 5.10. The first-order valence-corrected chi connectivity index (χ1v) is 7.49. The van der Waals surface area contributed by atoms with Gasteiger partial charge in [0.05, 0.1) is 12.0 Å². The number of alkyl halides is 1. The first-order valence-electron chi connectivity index (χ1n) is 6.17. The number of carbonyl (C=O) groups excluding carboxylic acids is 1. The molecule has 0 aliphatic carbocycles. The van der Waals surface area contributed by atoms with Crippen LogP contribution in [0.1, 0.15) is 29.4 Å². The van der Waals surface area contributed by atoms with E-state index in [4.69, 9.17) is 16.3 Å². The van der Waals surface area contributed by atoms with E-state index in [2.05, 4.69) is 0 Å². The number of methoxy groups -OCH3 is 1. The number of carbonyl (C=O) groups is 1. The van der Waals surface area contributed by atoms with Crippen molar-refractivity contribution in [3.05, 3.63) is 16.3 Å². The second-order valence-electron chi connectivity index (χ2n) is 4.66. The second-order valence-corrected chi connectivity index (χ2v) is 6.26. The maximum atomic E-state index is 12.3. The minimum Gasteiger partial charge on any atom is -0.496 e. The Morgan fingerprint density at radius 3 is 2.72 bits per heavy atom. The first kappa shape index (κ1) is 13.7. The molecule has 0 aromatic carbocycles. The van der Waals surface area contributed by atoms with Crippen LogP contribution in [0, 0.1) is 5.92 Å². The number of halogens is 1. The number of likely N-dealkylation sites (tertiary alicyclic amines) is 1. The van der Waals surface area contributed by atoms with Gasteiger partial charge in [-0.3, -0.25) is 4.79 Å². The average Bonchev–Trinajstić information content (AvgIpc) is 2.86. The fourth-order valence-electron chi connectivity index (χ4n) is 2.26. The molecule has 1 fully saturated rings. The van der Waals surface area contributed by atoms with Crippen molar-refractivity contribution in [2.45, 2.75) is 25.1 Å². The van der Waals surface area contributed by atoms with Crippen LogP contribution in [0.2, 0.25) is 0 Å². The third-order valence-electron chi connectivity index (χ3n) is 3.50. The molecule has 1 aliphatic rings. The smallest absolute Gasteiger partial charge is 0.264 e. The zero-order chi connectivity index (χ0) is 13.1. The zero-order valence-electron chi connectivity index (χ0n) is 10.7. The Morgan fingerprint density at radius 2 is 2.22 bits per heavy atom. The molecule has 18 heavy (non-hydrogen) atoms. The lowest BCUT2D eigenvalue weighted by Crippen LogP contribution is -2.39. The lowest BCUT2D eigenvalue weighted by Gasteiger charge is -2.32. The van der Waals surface area contributed by atoms with Crippen LogP contribution in [0.15, 0.2) is 11.4 Å². The molecule has 0 bridgehead atoms. The van der Waals surface area contributed by atoms with Crippen LogP contribution in [0.25, 0.3) is 0 Å². The van der Waals surface area contributed by atoms with Gasteiger partial charge in [-0.2, -0.15) is 0 Å². The van der Waals surface area contributed by atoms with Gasteiger partial charge in [0.25, 0.3) is 5.91 Å². The summed E-state index contributed by atoms with van der Waals surface area (Å²) in [5.74, 6) is 1.41. The van der Waals surface area contributed by atoms with Crippen molar-refractivity contribution in [1.82, 2.24) is 4.90 Å². The molecular weight excluding hydrogens is 270 g/mol. The van der Waals surface area contributed by atoms with E-state index >= 15 is 0 Å². The summed E-state index contributed by atoms with van der Waals surface area (Å²) in [5.41, 5.74) is 0. The van der Waals surface area contributed by atoms with Crippen molar-refractivity contribution in [2.75, 3.05) is 20.2 Å². The summed E-state index contributed by atoms with van der Waals surface area (Å²) in [7, 11) is 1.61. The average molecular weight is 288 g/mol. The number of hydrogen-bond donors (Lipinski definition) is 0. The second kappa shape index (κ2) is 5.93. The predicted octanol–water partition coefficient (Wildman–Crippen LogP) is 3.24. The van der Waals surface area contributed by atoms with E-state index in [1.165, 1.54) is 11.3 Å². The van der Waals surface area contributed by atoms with Gasteiger partial charge < -0.3 is 9.64 Å². The normalized spacial score (nSPS) is 18.7. The highest BCUT2D eigenvalue weighted by molar-refractivity contribution is 7.12. The molecular formula is C13H18ClNO2S. The maximum absolute atomic E-state index is 12.3. The Balaban J connectivity index is 1.95. The van der Waals surface area contributed by atoms with E-state index in [1.54, 1.807) is 7.11 Å². The van der Waals surface area contributed by atoms with Crippen LogP contribution < -0.4 is 4.74 Å². The first-order chi connectivity index (χ1) is 8.61. The SMILES string of the molecule is COc1csc(C(=O)N2CCC(C(C)Cl)CC2)c1. The number of hydrogen-bond acceptors (Lipinski definition) is 3. The van der Waals surface area contributed by atoms with E-state index < -0.39 is 0 Å². The van der Waals surface area contributed by atoms with Crippen LogP contribution in [0.5, 0.6) is 5.75 Å². The van der Waals surface area contributed by atoms with Crippen molar-refractivity contribution in [1.29, 1.82) is 0 Å². The maximum Gasteiger partial charge on any atom is 0.264 e. The molecule has 5 heteroatoms. The summed E-state index contributed by atoms with van der Waals surface area (Å²) in [5, 5.41) is 2.06. The monoisotopic (exact) mass is 287 g/mol. The molecule has 100 valence electrons. The van der Waals surface area contributed by atoms with E-state index in [0.717, 1.165) is 36.6 Å². The predicted molar refractivity (Wildman–Crippen MR) is 74.8 cm³/mol. The minimum atomic E-state index is 0.115. The topological polar surface area (TPSA) is 29.5 Å². The van der Waals surface area contributed by atoms with E-state index in [-0.39, 0.29) is 11.3 Å². The van der Waals surface area contributed by atoms with Gasteiger partial charge in [0, 0.05) is 29.9 Å². The van der Waals surface area contributed by atoms with Gasteiger partial charge >= 0.3 is 0 Å². The fraction of sp³-hybridized carbons (Fsp3) is 0.615. The van der Waals surface area contributed by atoms with Gasteiger partial charge in [0.2, 0.25) is 0 Å². The number of rotatable bonds is 3. The van der Waals surface area contributed by atoms with E-state index in [9.17, 15) is 4.79 Å². The van der Waals surface area contributed by atoms with Crippen molar-refractivity contribution in [3.63, 3.8) is 0 Å². The fourth-order valence-corrected chi connectivity index (χ4v) is 3.33. The molecule has 1 unspecified atom stereocenters. The van der Waals surface area contributed by atoms with Gasteiger partial charge in [-0.25, -0.2) is 0 Å². The highest BCUT2D eigenvalue weighted by Crippen LogP contribution is 2.27. The van der Waals surface area contributed by atoms with Gasteiger partial charge in [-0.05, 0) is 25.7 Å². The van der Waals surface area contributed by atoms with Gasteiger partial charge in [-0.15, -0.1) is 22.9 Å². The molecule has 1 aromatic rings. The molecule has 1 aromatic heterocycles. The zero-order valence-corrected chi connectivity index (χ0v) is 12.3. The van der Waals surface area contributed by atoms with Gasteiger partial charge in [0.1, 0.15) is 5.75 Å². The van der Waals surface area contributed by atoms with Gasteiger partial charge in [-0.1, -0.05) is 0 Å². The van der Waals surface area contributed by atoms with Crippen molar-refractivity contribution < 1.29 is 9.53 Å². The summed E-state index contributed by atoms with van der Waals surface area (Å²) in [6.07, 6.45) is 2.00. The van der Waals surface area contributed by atoms with Gasteiger partial charge in [0.15, 0.2) is 0 Å². The summed E-state index contributed by atoms with van der Waals surface area (Å²) in [6.45, 7) is 3.65. The number of piperidine rings is 1. The highest BCUT2D eigenvalue weighted by atomic mass is 35.5. The molecule has 0 N–H and O–H groups in total. The number of thiophene rings is 1. The van der Waals surface area contributed by atoms with Crippen LogP contribution >= 0.6 is 22.9 Å². The molecule has 2 heterocycles. The van der Waals surface area contributed by atoms with Crippen LogP contribution in [0.3, 0.4) is 0 Å². The third kappa shape index (κ3) is 2.98. The summed E-state index contributed by atoms with van der Waals surface area (Å²) in [4.78, 5) is 14.9. The van der Waals surface area contributed by atoms with Crippen molar-refractivity contribution >= 4 is 28.8 Å². The molecule has 1 aliphatic heterocycles. The Hall–Kier alpha value is -0.740. The molecule has 0 radical (unpaired) electrons. The minimum absolute atomic E-state index is 0.115. The van der Waals surface area contributed by atoms with E-state index in [1.807, 2.05) is 23.3 Å². The lowest BCUT2D eigenvalue weighted by atomic mass is 9.94. The highest BCUT2D eigenvalue weighted by Gasteiger charge is 2.26. The molecule has 1 saturated heterocycles. The summed E-state index contributed by atoms with van der Waals surface area (Å²) >= 11 is 7.55. The number of amides is 1. The molecule has 0 saturated carbocycles. The third-order valence-corrected chi connectivity index (χ3v) is 4.75. The Labute approximate surface area is 117 Å². The van der Waals surface area contributed by atoms with Crippen LogP contribution in [-0.2, 0) is 0 Å². The largest absolute Gasteiger partial charge is 0.496 e. The molecule has 3 nitrogen and oxygen atoms in total. The van der Waals surface area contributed by atoms with Crippen molar-refractivity contribution in [2.24, 2.45) is 5.92 Å². The molecule has 2 rings (SSSR count). The Kier molecular flexibility index (Phi) is 4.51. The van der Waals surface area contributed by atoms with E-state index in [0.29, 0.717) is 5.92 Å². The quantitative estimate of drug-likeness (QED) is 0.799.